The third-order valence-electron chi connectivity index (χ3n) is 3.95. The van der Waals surface area contributed by atoms with E-state index >= 15 is 0 Å². The molecule has 13 heteroatoms. The number of carbonyl (C=O) groups excluding carboxylic acids is 3. The van der Waals surface area contributed by atoms with Gasteiger partial charge in [-0.3, -0.25) is 9.48 Å². The number of aromatic nitrogens is 2. The number of nitrogens with zero attached hydrogens (tertiary/aromatic N) is 2. The number of methoxy groups -OCH3 is 1. The van der Waals surface area contributed by atoms with Crippen molar-refractivity contribution >= 4 is 45.8 Å². The molecule has 0 radical (unpaired) electrons. The van der Waals surface area contributed by atoms with Gasteiger partial charge in [0.25, 0.3) is 0 Å². The molecule has 1 amide bonds. The van der Waals surface area contributed by atoms with Crippen molar-refractivity contribution in [1.29, 1.82) is 0 Å². The van der Waals surface area contributed by atoms with Crippen LogP contribution in [0.2, 0.25) is 5.02 Å². The summed E-state index contributed by atoms with van der Waals surface area (Å²) in [4.78, 5) is 36.7. The molecule has 2 heterocycles. The normalized spacial score (nSPS) is 11.3. The summed E-state index contributed by atoms with van der Waals surface area (Å²) in [5.41, 5.74) is -1.16. The van der Waals surface area contributed by atoms with Gasteiger partial charge >= 0.3 is 18.1 Å². The fourth-order valence-corrected chi connectivity index (χ4v) is 3.85. The summed E-state index contributed by atoms with van der Waals surface area (Å²) in [6, 6.07) is 0. The van der Waals surface area contributed by atoms with E-state index in [1.807, 2.05) is 0 Å². The second kappa shape index (κ2) is 9.04. The summed E-state index contributed by atoms with van der Waals surface area (Å²) < 4.78 is 49.2. The number of ether oxygens (including phenoxy) is 2. The number of esters is 2. The van der Waals surface area contributed by atoms with Crippen molar-refractivity contribution < 1.29 is 37.0 Å². The number of hydrogen-bond donors (Lipinski definition) is 1. The molecule has 0 aromatic carbocycles. The van der Waals surface area contributed by atoms with E-state index in [9.17, 15) is 27.6 Å². The van der Waals surface area contributed by atoms with Crippen molar-refractivity contribution in [3.05, 3.63) is 32.4 Å². The highest BCUT2D eigenvalue weighted by Crippen LogP contribution is 2.36. The Kier molecular flexibility index (Phi) is 7.14. The van der Waals surface area contributed by atoms with Gasteiger partial charge in [0.1, 0.15) is 16.4 Å². The van der Waals surface area contributed by atoms with Crippen LogP contribution in [-0.2, 0) is 27.0 Å². The highest BCUT2D eigenvalue weighted by Gasteiger charge is 2.38. The minimum atomic E-state index is -4.78. The third kappa shape index (κ3) is 4.75. The largest absolute Gasteiger partial charge is 0.465 e. The lowest BCUT2D eigenvalue weighted by Gasteiger charge is -2.07. The van der Waals surface area contributed by atoms with Gasteiger partial charge in [0.2, 0.25) is 5.91 Å². The average Bonchev–Trinajstić information content (AvgIpc) is 3.12. The van der Waals surface area contributed by atoms with Crippen molar-refractivity contribution in [2.24, 2.45) is 0 Å². The fourth-order valence-electron chi connectivity index (χ4n) is 2.50. The van der Waals surface area contributed by atoms with E-state index < -0.39 is 41.3 Å². The van der Waals surface area contributed by atoms with Crippen LogP contribution in [0.5, 0.6) is 0 Å². The first-order valence-corrected chi connectivity index (χ1v) is 9.60. The predicted molar refractivity (Wildman–Crippen MR) is 102 cm³/mol. The molecule has 0 saturated carbocycles. The number of carbonyl (C=O) groups is 3. The van der Waals surface area contributed by atoms with E-state index in [0.29, 0.717) is 0 Å². The standard InChI is InChI=1S/C17H17ClF3N3O5S/c1-5-29-16(27)12-7(2)10(15(26)28-4)14(30-12)22-9(25)6-24-8(3)11(18)13(23-24)17(19,20)21/h5-6H2,1-4H3,(H,22,25). The lowest BCUT2D eigenvalue weighted by molar-refractivity contribution is -0.141. The molecule has 1 N–H and O–H groups in total. The second-order valence-corrected chi connectivity index (χ2v) is 7.32. The molecule has 0 atom stereocenters. The summed E-state index contributed by atoms with van der Waals surface area (Å²) in [6.07, 6.45) is -4.78. The lowest BCUT2D eigenvalue weighted by atomic mass is 10.1. The minimum absolute atomic E-state index is 0.000598. The maximum Gasteiger partial charge on any atom is 0.436 e. The number of anilines is 1. The Morgan fingerprint density at radius 3 is 2.37 bits per heavy atom. The number of nitrogens with one attached hydrogen (secondary N) is 1. The average molecular weight is 468 g/mol. The highest BCUT2D eigenvalue weighted by molar-refractivity contribution is 7.18. The zero-order valence-electron chi connectivity index (χ0n) is 16.3. The monoisotopic (exact) mass is 467 g/mol. The molecule has 2 rings (SSSR count). The summed E-state index contributed by atoms with van der Waals surface area (Å²) in [5.74, 6) is -2.27. The number of hydrogen-bond acceptors (Lipinski definition) is 7. The van der Waals surface area contributed by atoms with E-state index in [2.05, 4.69) is 10.4 Å². The Balaban J connectivity index is 2.34. The Labute approximate surface area is 177 Å². The zero-order chi connectivity index (χ0) is 22.8. The van der Waals surface area contributed by atoms with Crippen molar-refractivity contribution in [3.63, 3.8) is 0 Å². The molecule has 0 aliphatic heterocycles. The maximum atomic E-state index is 12.9. The number of rotatable bonds is 6. The van der Waals surface area contributed by atoms with Gasteiger partial charge in [-0.1, -0.05) is 11.6 Å². The molecule has 0 fully saturated rings. The van der Waals surface area contributed by atoms with Gasteiger partial charge in [-0.15, -0.1) is 11.3 Å². The second-order valence-electron chi connectivity index (χ2n) is 5.92. The molecular formula is C17H17ClF3N3O5S. The Hall–Kier alpha value is -2.60. The zero-order valence-corrected chi connectivity index (χ0v) is 17.8. The van der Waals surface area contributed by atoms with Crippen molar-refractivity contribution in [1.82, 2.24) is 9.78 Å². The van der Waals surface area contributed by atoms with E-state index in [1.165, 1.54) is 13.8 Å². The molecule has 2 aromatic rings. The first-order chi connectivity index (χ1) is 13.9. The number of halogens is 4. The molecule has 0 bridgehead atoms. The quantitative estimate of drug-likeness (QED) is 0.648. The molecule has 0 aliphatic carbocycles. The van der Waals surface area contributed by atoms with E-state index in [4.69, 9.17) is 21.1 Å². The van der Waals surface area contributed by atoms with Crippen LogP contribution >= 0.6 is 22.9 Å². The van der Waals surface area contributed by atoms with Gasteiger partial charge in [-0.2, -0.15) is 18.3 Å². The Morgan fingerprint density at radius 2 is 1.87 bits per heavy atom. The first kappa shape index (κ1) is 23.7. The number of thiophene rings is 1. The predicted octanol–water partition coefficient (Wildman–Crippen LogP) is 3.84. The van der Waals surface area contributed by atoms with Crippen molar-refractivity contribution in [3.8, 4) is 0 Å². The van der Waals surface area contributed by atoms with Gasteiger partial charge in [0.05, 0.1) is 30.0 Å². The summed E-state index contributed by atoms with van der Waals surface area (Å²) in [5, 5.41) is 5.15. The van der Waals surface area contributed by atoms with Crippen molar-refractivity contribution in [2.75, 3.05) is 19.0 Å². The Bertz CT molecular complexity index is 1000. The molecule has 0 aliphatic rings. The fraction of sp³-hybridized carbons (Fsp3) is 0.412. The van der Waals surface area contributed by atoms with Gasteiger partial charge in [-0.25, -0.2) is 9.59 Å². The molecule has 0 saturated heterocycles. The number of amides is 1. The van der Waals surface area contributed by atoms with Gasteiger partial charge in [0, 0.05) is 0 Å². The first-order valence-electron chi connectivity index (χ1n) is 8.41. The van der Waals surface area contributed by atoms with Crippen LogP contribution in [0.1, 0.15) is 43.9 Å². The van der Waals surface area contributed by atoms with Crippen LogP contribution in [0.4, 0.5) is 18.2 Å². The van der Waals surface area contributed by atoms with E-state index in [0.717, 1.165) is 23.1 Å². The van der Waals surface area contributed by atoms with Gasteiger partial charge in [0.15, 0.2) is 5.69 Å². The van der Waals surface area contributed by atoms with Crippen LogP contribution in [0.25, 0.3) is 0 Å². The summed E-state index contributed by atoms with van der Waals surface area (Å²) >= 11 is 6.46. The molecule has 2 aromatic heterocycles. The van der Waals surface area contributed by atoms with Crippen LogP contribution in [0.3, 0.4) is 0 Å². The molecule has 8 nitrogen and oxygen atoms in total. The minimum Gasteiger partial charge on any atom is -0.465 e. The molecular weight excluding hydrogens is 451 g/mol. The molecule has 164 valence electrons. The van der Waals surface area contributed by atoms with Gasteiger partial charge in [-0.05, 0) is 26.3 Å². The van der Waals surface area contributed by atoms with Crippen molar-refractivity contribution in [2.45, 2.75) is 33.5 Å². The Morgan fingerprint density at radius 1 is 1.23 bits per heavy atom. The van der Waals surface area contributed by atoms with E-state index in [1.54, 1.807) is 6.92 Å². The SMILES string of the molecule is CCOC(=O)c1sc(NC(=O)Cn2nc(C(F)(F)F)c(Cl)c2C)c(C(=O)OC)c1C. The number of alkyl halides is 3. The van der Waals surface area contributed by atoms with Crippen LogP contribution < -0.4 is 5.32 Å². The highest BCUT2D eigenvalue weighted by atomic mass is 35.5. The van der Waals surface area contributed by atoms with Crippen LogP contribution in [0.15, 0.2) is 0 Å². The van der Waals surface area contributed by atoms with Gasteiger partial charge < -0.3 is 14.8 Å². The topological polar surface area (TPSA) is 99.5 Å². The summed E-state index contributed by atoms with van der Waals surface area (Å²) in [6.45, 7) is 3.88. The maximum absolute atomic E-state index is 12.9. The van der Waals surface area contributed by atoms with Crippen LogP contribution in [-0.4, -0.2) is 41.3 Å². The third-order valence-corrected chi connectivity index (χ3v) is 5.59. The van der Waals surface area contributed by atoms with E-state index in [-0.39, 0.29) is 33.3 Å². The van der Waals surface area contributed by atoms with Crippen LogP contribution in [0, 0.1) is 13.8 Å². The lowest BCUT2D eigenvalue weighted by Crippen LogP contribution is -2.21. The molecule has 0 spiro atoms. The summed E-state index contributed by atoms with van der Waals surface area (Å²) in [7, 11) is 1.13. The molecule has 0 unspecified atom stereocenters. The smallest absolute Gasteiger partial charge is 0.436 e. The molecule has 30 heavy (non-hydrogen) atoms.